The van der Waals surface area contributed by atoms with Crippen molar-refractivity contribution in [1.82, 2.24) is 0 Å². The quantitative estimate of drug-likeness (QED) is 0.489. The van der Waals surface area contributed by atoms with Gasteiger partial charge in [0, 0.05) is 0 Å². The Kier molecular flexibility index (Phi) is 2.40. The van der Waals surface area contributed by atoms with Crippen LogP contribution in [0.25, 0.3) is 0 Å². The first-order valence-electron chi connectivity index (χ1n) is 3.60. The lowest BCUT2D eigenvalue weighted by molar-refractivity contribution is 0.101. The fourth-order valence-electron chi connectivity index (χ4n) is 0.987. The molecule has 0 N–H and O–H groups in total. The van der Waals surface area contributed by atoms with Gasteiger partial charge in [-0.25, -0.2) is 13.2 Å². The number of benzene rings is 1. The molecular weight excluding hydrogens is 181 g/mol. The van der Waals surface area contributed by atoms with Gasteiger partial charge in [0.1, 0.15) is 0 Å². The molecule has 0 heterocycles. The van der Waals surface area contributed by atoms with Crippen LogP contribution in [0.4, 0.5) is 13.2 Å². The van der Waals surface area contributed by atoms with Crippen LogP contribution >= 0.6 is 0 Å². The van der Waals surface area contributed by atoms with Gasteiger partial charge < -0.3 is 0 Å². The van der Waals surface area contributed by atoms with E-state index in [0.717, 1.165) is 13.0 Å². The van der Waals surface area contributed by atoms with Gasteiger partial charge in [-0.05, 0) is 25.5 Å². The molecule has 0 saturated heterocycles. The predicted octanol–water partition coefficient (Wildman–Crippen LogP) is 2.61. The summed E-state index contributed by atoms with van der Waals surface area (Å²) < 4.78 is 38.3. The normalized spacial score (nSPS) is 10.2. The molecule has 0 aliphatic rings. The van der Waals surface area contributed by atoms with Crippen LogP contribution < -0.4 is 0 Å². The zero-order chi connectivity index (χ0) is 10.2. The summed E-state index contributed by atoms with van der Waals surface area (Å²) in [5.74, 6) is -4.89. The zero-order valence-corrected chi connectivity index (χ0v) is 7.12. The number of hydrogen-bond acceptors (Lipinski definition) is 1. The van der Waals surface area contributed by atoms with Crippen LogP contribution in [0.1, 0.15) is 22.8 Å². The highest BCUT2D eigenvalue weighted by Crippen LogP contribution is 2.19. The Balaban J connectivity index is 3.50. The summed E-state index contributed by atoms with van der Waals surface area (Å²) in [6, 6.07) is 0.996. The molecule has 0 radical (unpaired) electrons. The van der Waals surface area contributed by atoms with Gasteiger partial charge in [0.2, 0.25) is 0 Å². The van der Waals surface area contributed by atoms with Crippen LogP contribution in [0.3, 0.4) is 0 Å². The minimum atomic E-state index is -1.59. The molecule has 13 heavy (non-hydrogen) atoms. The minimum absolute atomic E-state index is 0.0795. The van der Waals surface area contributed by atoms with Gasteiger partial charge in [-0.15, -0.1) is 0 Å². The molecule has 0 spiro atoms. The Morgan fingerprint density at radius 2 is 1.69 bits per heavy atom. The van der Waals surface area contributed by atoms with Crippen LogP contribution in [0.15, 0.2) is 6.07 Å². The number of rotatable bonds is 1. The van der Waals surface area contributed by atoms with Crippen molar-refractivity contribution in [1.29, 1.82) is 0 Å². The Morgan fingerprint density at radius 1 is 1.15 bits per heavy atom. The first-order chi connectivity index (χ1) is 5.95. The summed E-state index contributed by atoms with van der Waals surface area (Å²) in [4.78, 5) is 10.8. The minimum Gasteiger partial charge on any atom is -0.294 e. The number of aryl methyl sites for hydroxylation is 1. The largest absolute Gasteiger partial charge is 0.294 e. The van der Waals surface area contributed by atoms with Gasteiger partial charge in [0.05, 0.1) is 5.56 Å². The molecule has 0 aromatic heterocycles. The topological polar surface area (TPSA) is 17.1 Å². The lowest BCUT2D eigenvalue weighted by Crippen LogP contribution is -2.04. The highest BCUT2D eigenvalue weighted by molar-refractivity contribution is 5.94. The van der Waals surface area contributed by atoms with Crippen molar-refractivity contribution >= 4 is 5.78 Å². The van der Waals surface area contributed by atoms with Gasteiger partial charge in [-0.3, -0.25) is 4.79 Å². The van der Waals surface area contributed by atoms with E-state index in [2.05, 4.69) is 0 Å². The van der Waals surface area contributed by atoms with Crippen molar-refractivity contribution in [3.8, 4) is 0 Å². The third-order valence-electron chi connectivity index (χ3n) is 1.71. The molecule has 1 nitrogen and oxygen atoms in total. The number of hydrogen-bond donors (Lipinski definition) is 0. The van der Waals surface area contributed by atoms with Crippen LogP contribution in [-0.2, 0) is 0 Å². The molecule has 0 aliphatic carbocycles. The van der Waals surface area contributed by atoms with Crippen LogP contribution in [0.5, 0.6) is 0 Å². The van der Waals surface area contributed by atoms with Gasteiger partial charge in [0.15, 0.2) is 23.2 Å². The van der Waals surface area contributed by atoms with Gasteiger partial charge >= 0.3 is 0 Å². The molecule has 0 saturated carbocycles. The maximum Gasteiger partial charge on any atom is 0.195 e. The monoisotopic (exact) mass is 188 g/mol. The van der Waals surface area contributed by atoms with Crippen molar-refractivity contribution in [3.63, 3.8) is 0 Å². The third-order valence-corrected chi connectivity index (χ3v) is 1.71. The van der Waals surface area contributed by atoms with Crippen molar-refractivity contribution in [2.45, 2.75) is 13.8 Å². The molecule has 1 aromatic carbocycles. The smallest absolute Gasteiger partial charge is 0.195 e. The van der Waals surface area contributed by atoms with E-state index >= 15 is 0 Å². The summed E-state index contributed by atoms with van der Waals surface area (Å²) in [7, 11) is 0. The Bertz CT molecular complexity index is 372. The van der Waals surface area contributed by atoms with E-state index < -0.39 is 28.8 Å². The van der Waals surface area contributed by atoms with Crippen LogP contribution in [0, 0.1) is 24.4 Å². The average Bonchev–Trinajstić information content (AvgIpc) is 2.07. The van der Waals surface area contributed by atoms with E-state index in [0.29, 0.717) is 0 Å². The van der Waals surface area contributed by atoms with Crippen molar-refractivity contribution in [2.75, 3.05) is 0 Å². The fourth-order valence-corrected chi connectivity index (χ4v) is 0.987. The molecule has 0 bridgehead atoms. The van der Waals surface area contributed by atoms with Crippen molar-refractivity contribution < 1.29 is 18.0 Å². The predicted molar refractivity (Wildman–Crippen MR) is 41.1 cm³/mol. The van der Waals surface area contributed by atoms with Gasteiger partial charge in [0.25, 0.3) is 0 Å². The zero-order valence-electron chi connectivity index (χ0n) is 7.12. The van der Waals surface area contributed by atoms with Crippen molar-refractivity contribution in [2.24, 2.45) is 0 Å². The second-order valence-electron chi connectivity index (χ2n) is 2.74. The van der Waals surface area contributed by atoms with Gasteiger partial charge in [-0.1, -0.05) is 0 Å². The molecule has 0 atom stereocenters. The first-order valence-corrected chi connectivity index (χ1v) is 3.60. The van der Waals surface area contributed by atoms with E-state index in [1.165, 1.54) is 6.92 Å². The molecule has 1 rings (SSSR count). The van der Waals surface area contributed by atoms with E-state index in [4.69, 9.17) is 0 Å². The average molecular weight is 188 g/mol. The van der Waals surface area contributed by atoms with Gasteiger partial charge in [-0.2, -0.15) is 0 Å². The molecule has 70 valence electrons. The maximum absolute atomic E-state index is 12.9. The number of ketones is 1. The maximum atomic E-state index is 12.9. The van der Waals surface area contributed by atoms with E-state index in [9.17, 15) is 18.0 Å². The SMILES string of the molecule is CC(=O)c1cc(C)c(F)c(F)c1F. The molecule has 1 aromatic rings. The molecule has 0 aliphatic heterocycles. The van der Waals surface area contributed by atoms with Crippen molar-refractivity contribution in [3.05, 3.63) is 34.6 Å². The van der Waals surface area contributed by atoms with E-state index in [1.54, 1.807) is 0 Å². The number of carbonyl (C=O) groups excluding carboxylic acids is 1. The second-order valence-corrected chi connectivity index (χ2v) is 2.74. The van der Waals surface area contributed by atoms with Crippen LogP contribution in [-0.4, -0.2) is 5.78 Å². The summed E-state index contributed by atoms with van der Waals surface area (Å²) in [5, 5.41) is 0. The summed E-state index contributed by atoms with van der Waals surface area (Å²) in [6.07, 6.45) is 0. The lowest BCUT2D eigenvalue weighted by atomic mass is 10.1. The second kappa shape index (κ2) is 3.20. The molecule has 0 unspecified atom stereocenters. The lowest BCUT2D eigenvalue weighted by Gasteiger charge is -2.03. The Labute approximate surface area is 73.2 Å². The molecular formula is C9H7F3O. The number of Topliss-reactive ketones (excluding diaryl/α,β-unsaturated/α-hetero) is 1. The number of halogens is 3. The first kappa shape index (κ1) is 9.77. The summed E-state index contributed by atoms with van der Waals surface area (Å²) >= 11 is 0. The highest BCUT2D eigenvalue weighted by Gasteiger charge is 2.18. The third kappa shape index (κ3) is 1.56. The molecule has 0 fully saturated rings. The van der Waals surface area contributed by atoms with E-state index in [1.807, 2.05) is 0 Å². The molecule has 0 amide bonds. The Hall–Kier alpha value is -1.32. The van der Waals surface area contributed by atoms with E-state index in [-0.39, 0.29) is 5.56 Å². The number of carbonyl (C=O) groups is 1. The fraction of sp³-hybridized carbons (Fsp3) is 0.222. The Morgan fingerprint density at radius 3 is 2.15 bits per heavy atom. The molecule has 4 heteroatoms. The van der Waals surface area contributed by atoms with Crippen LogP contribution in [0.2, 0.25) is 0 Å². The summed E-state index contributed by atoms with van der Waals surface area (Å²) in [6.45, 7) is 2.36. The standard InChI is InChI=1S/C9H7F3O/c1-4-3-6(5(2)13)8(11)9(12)7(4)10/h3H,1-2H3. The highest BCUT2D eigenvalue weighted by atomic mass is 19.2. The summed E-state index contributed by atoms with van der Waals surface area (Å²) in [5.41, 5.74) is -0.500.